The zero-order chi connectivity index (χ0) is 18.8. The van der Waals surface area contributed by atoms with E-state index < -0.39 is 5.97 Å². The summed E-state index contributed by atoms with van der Waals surface area (Å²) in [7, 11) is 1.55. The van der Waals surface area contributed by atoms with Crippen molar-refractivity contribution in [3.05, 3.63) is 62.6 Å². The zero-order valence-corrected chi connectivity index (χ0v) is 15.5. The van der Waals surface area contributed by atoms with Gasteiger partial charge in [0.15, 0.2) is 5.65 Å². The number of rotatable bonds is 4. The van der Waals surface area contributed by atoms with Gasteiger partial charge in [-0.2, -0.15) is 0 Å². The number of halogens is 2. The number of esters is 1. The molecule has 0 fully saturated rings. The van der Waals surface area contributed by atoms with Gasteiger partial charge in [0.25, 0.3) is 5.56 Å². The zero-order valence-electron chi connectivity index (χ0n) is 14.0. The van der Waals surface area contributed by atoms with Gasteiger partial charge in [0.2, 0.25) is 0 Å². The van der Waals surface area contributed by atoms with Gasteiger partial charge >= 0.3 is 5.97 Å². The van der Waals surface area contributed by atoms with E-state index >= 15 is 0 Å². The fourth-order valence-corrected chi connectivity index (χ4v) is 3.05. The van der Waals surface area contributed by atoms with Crippen LogP contribution in [0.1, 0.15) is 12.6 Å². The molecule has 0 amide bonds. The van der Waals surface area contributed by atoms with Crippen LogP contribution in [0, 0.1) is 0 Å². The van der Waals surface area contributed by atoms with Crippen LogP contribution in [0.15, 0.2) is 41.3 Å². The van der Waals surface area contributed by atoms with Crippen LogP contribution in [0.2, 0.25) is 10.0 Å². The first-order valence-electron chi connectivity index (χ1n) is 7.58. The van der Waals surface area contributed by atoms with Crippen molar-refractivity contribution in [2.45, 2.75) is 13.5 Å². The summed E-state index contributed by atoms with van der Waals surface area (Å²) in [5.41, 5.74) is 1.08. The molecule has 0 aliphatic rings. The van der Waals surface area contributed by atoms with Gasteiger partial charge in [0.05, 0.1) is 28.4 Å². The van der Waals surface area contributed by atoms with Crippen LogP contribution in [0.5, 0.6) is 5.75 Å². The van der Waals surface area contributed by atoms with Crippen LogP contribution >= 0.6 is 23.2 Å². The molecule has 1 aromatic carbocycles. The highest BCUT2D eigenvalue weighted by Crippen LogP contribution is 2.26. The van der Waals surface area contributed by atoms with Gasteiger partial charge in [0.1, 0.15) is 12.4 Å². The largest absolute Gasteiger partial charge is 0.497 e. The van der Waals surface area contributed by atoms with Crippen molar-refractivity contribution < 1.29 is 14.3 Å². The van der Waals surface area contributed by atoms with Crippen molar-refractivity contribution in [1.29, 1.82) is 0 Å². The quantitative estimate of drug-likeness (QED) is 0.632. The number of hydrogen-bond acceptors (Lipinski definition) is 5. The second kappa shape index (κ2) is 7.35. The molecule has 2 heterocycles. The van der Waals surface area contributed by atoms with Crippen molar-refractivity contribution in [2.24, 2.45) is 0 Å². The third-order valence-corrected chi connectivity index (χ3v) is 4.20. The number of fused-ring (bicyclic) bond motifs is 1. The molecular weight excluding hydrogens is 379 g/mol. The lowest BCUT2D eigenvalue weighted by molar-refractivity contribution is -0.142. The minimum absolute atomic E-state index is 0.151. The first-order valence-corrected chi connectivity index (χ1v) is 8.34. The molecule has 3 aromatic rings. The fraction of sp³-hybridized carbons (Fsp3) is 0.167. The summed E-state index contributed by atoms with van der Waals surface area (Å²) in [6.45, 7) is 1.13. The van der Waals surface area contributed by atoms with E-state index in [0.29, 0.717) is 27.6 Å². The maximum absolute atomic E-state index is 13.1. The SMILES string of the molecule is COc1ccc(-c2c(COC(C)=O)nc3c(Cl)cc(Cl)cn3c2=O)cc1. The van der Waals surface area contributed by atoms with Gasteiger partial charge in [-0.25, -0.2) is 4.98 Å². The molecule has 8 heteroatoms. The monoisotopic (exact) mass is 392 g/mol. The summed E-state index contributed by atoms with van der Waals surface area (Å²) in [4.78, 5) is 28.7. The number of hydrogen-bond donors (Lipinski definition) is 0. The van der Waals surface area contributed by atoms with E-state index in [1.165, 1.54) is 23.6 Å². The van der Waals surface area contributed by atoms with Crippen LogP contribution in [0.4, 0.5) is 0 Å². The molecule has 0 spiro atoms. The smallest absolute Gasteiger partial charge is 0.303 e. The molecule has 0 aliphatic carbocycles. The number of carbonyl (C=O) groups excluding carboxylic acids is 1. The summed E-state index contributed by atoms with van der Waals surface area (Å²) in [5.74, 6) is 0.171. The first-order chi connectivity index (χ1) is 12.4. The van der Waals surface area contributed by atoms with Gasteiger partial charge < -0.3 is 9.47 Å². The second-order valence-electron chi connectivity index (χ2n) is 5.45. The molecule has 134 valence electrons. The van der Waals surface area contributed by atoms with Crippen LogP contribution in [-0.2, 0) is 16.1 Å². The molecule has 0 atom stereocenters. The summed E-state index contributed by atoms with van der Waals surface area (Å²) in [5, 5.41) is 0.528. The maximum Gasteiger partial charge on any atom is 0.303 e. The number of nitrogens with zero attached hydrogens (tertiary/aromatic N) is 2. The second-order valence-corrected chi connectivity index (χ2v) is 6.29. The van der Waals surface area contributed by atoms with Gasteiger partial charge in [-0.05, 0) is 23.8 Å². The first kappa shape index (κ1) is 18.2. The fourth-order valence-electron chi connectivity index (χ4n) is 2.53. The molecule has 0 aliphatic heterocycles. The Kier molecular flexibility index (Phi) is 5.15. The van der Waals surface area contributed by atoms with E-state index in [1.54, 1.807) is 31.4 Å². The average Bonchev–Trinajstić information content (AvgIpc) is 2.61. The maximum atomic E-state index is 13.1. The standard InChI is InChI=1S/C18H14Cl2N2O4/c1-10(23)26-9-15-16(11-3-5-13(25-2)6-4-11)18(24)22-8-12(19)7-14(20)17(22)21-15/h3-8H,9H2,1-2H3. The summed E-state index contributed by atoms with van der Waals surface area (Å²) >= 11 is 12.2. The molecule has 0 N–H and O–H groups in total. The summed E-state index contributed by atoms with van der Waals surface area (Å²) in [6, 6.07) is 8.40. The van der Waals surface area contributed by atoms with E-state index in [0.717, 1.165) is 0 Å². The van der Waals surface area contributed by atoms with Crippen molar-refractivity contribution in [3.8, 4) is 16.9 Å². The summed E-state index contributed by atoms with van der Waals surface area (Å²) in [6.07, 6.45) is 1.45. The predicted octanol–water partition coefficient (Wildman–Crippen LogP) is 3.74. The molecule has 26 heavy (non-hydrogen) atoms. The van der Waals surface area contributed by atoms with Crippen molar-refractivity contribution in [2.75, 3.05) is 7.11 Å². The highest BCUT2D eigenvalue weighted by Gasteiger charge is 2.18. The molecule has 3 rings (SSSR count). The molecule has 0 bridgehead atoms. The molecule has 0 unspecified atom stereocenters. The van der Waals surface area contributed by atoms with E-state index in [4.69, 9.17) is 32.7 Å². The minimum atomic E-state index is -0.477. The number of pyridine rings is 1. The van der Waals surface area contributed by atoms with Crippen LogP contribution in [0.3, 0.4) is 0 Å². The van der Waals surface area contributed by atoms with Gasteiger partial charge in [-0.15, -0.1) is 0 Å². The van der Waals surface area contributed by atoms with E-state index in [2.05, 4.69) is 4.98 Å². The third-order valence-electron chi connectivity index (χ3n) is 3.71. The topological polar surface area (TPSA) is 69.9 Å². The normalized spacial score (nSPS) is 10.8. The minimum Gasteiger partial charge on any atom is -0.497 e. The lowest BCUT2D eigenvalue weighted by Gasteiger charge is -2.12. The Labute approximate surface area is 158 Å². The molecule has 2 aromatic heterocycles. The van der Waals surface area contributed by atoms with Crippen LogP contribution in [0.25, 0.3) is 16.8 Å². The Morgan fingerprint density at radius 2 is 1.92 bits per heavy atom. The highest BCUT2D eigenvalue weighted by atomic mass is 35.5. The Hall–Kier alpha value is -2.57. The molecule has 0 saturated heterocycles. The average molecular weight is 393 g/mol. The number of methoxy groups -OCH3 is 1. The van der Waals surface area contributed by atoms with E-state index in [-0.39, 0.29) is 22.8 Å². The molecule has 0 radical (unpaired) electrons. The van der Waals surface area contributed by atoms with E-state index in [1.807, 2.05) is 0 Å². The molecule has 0 saturated carbocycles. The lowest BCUT2D eigenvalue weighted by Crippen LogP contribution is -2.21. The Bertz CT molecular complexity index is 1050. The van der Waals surface area contributed by atoms with Crippen molar-refractivity contribution in [1.82, 2.24) is 9.38 Å². The number of ether oxygens (including phenoxy) is 2. The summed E-state index contributed by atoms with van der Waals surface area (Å²) < 4.78 is 11.5. The Balaban J connectivity index is 2.29. The predicted molar refractivity (Wildman–Crippen MR) is 98.9 cm³/mol. The number of benzene rings is 1. The number of aromatic nitrogens is 2. The van der Waals surface area contributed by atoms with Gasteiger partial charge in [0, 0.05) is 13.1 Å². The van der Waals surface area contributed by atoms with Gasteiger partial charge in [-0.3, -0.25) is 14.0 Å². The van der Waals surface area contributed by atoms with Crippen molar-refractivity contribution >= 4 is 34.8 Å². The highest BCUT2D eigenvalue weighted by molar-refractivity contribution is 6.36. The third kappa shape index (κ3) is 3.52. The lowest BCUT2D eigenvalue weighted by atomic mass is 10.1. The van der Waals surface area contributed by atoms with E-state index in [9.17, 15) is 9.59 Å². The van der Waals surface area contributed by atoms with Crippen LogP contribution in [-0.4, -0.2) is 22.5 Å². The Morgan fingerprint density at radius 1 is 1.23 bits per heavy atom. The molecule has 6 nitrogen and oxygen atoms in total. The number of carbonyl (C=O) groups is 1. The van der Waals surface area contributed by atoms with Crippen LogP contribution < -0.4 is 10.3 Å². The molecular formula is C18H14Cl2N2O4. The van der Waals surface area contributed by atoms with Gasteiger partial charge in [-0.1, -0.05) is 35.3 Å². The van der Waals surface area contributed by atoms with Crippen molar-refractivity contribution in [3.63, 3.8) is 0 Å². The Morgan fingerprint density at radius 3 is 2.54 bits per heavy atom.